The van der Waals surface area contributed by atoms with E-state index >= 15 is 0 Å². The number of hydrogen-bond acceptors (Lipinski definition) is 11. The second-order valence-electron chi connectivity index (χ2n) is 14.9. The molecule has 7 rings (SSSR count). The minimum atomic E-state index is -0.540. The fourth-order valence-electron chi connectivity index (χ4n) is 7.50. The number of rotatable bonds is 18. The van der Waals surface area contributed by atoms with Crippen molar-refractivity contribution < 1.29 is 28.6 Å². The van der Waals surface area contributed by atoms with Crippen LogP contribution in [0.3, 0.4) is 0 Å². The average Bonchev–Trinajstić information content (AvgIpc) is 3.84. The largest absolute Gasteiger partial charge is 0.379 e. The predicted molar refractivity (Wildman–Crippen MR) is 223 cm³/mol. The fourth-order valence-corrected chi connectivity index (χ4v) is 8.84. The first-order valence-corrected chi connectivity index (χ1v) is 21.1. The van der Waals surface area contributed by atoms with Crippen LogP contribution in [0.1, 0.15) is 76.1 Å². The number of carbonyl (C=O) groups excluding carboxylic acids is 3. The van der Waals surface area contributed by atoms with Crippen molar-refractivity contribution in [2.24, 2.45) is 4.99 Å². The number of nitrogens with zero attached hydrogens (tertiary/aromatic N) is 5. The standard InChI is InChI=1S/C42H51ClN8O6S/c1-26-27(2)58-42-39(26)40(30-6-8-32(43)9-7-30)47-35(41-49-48-28(3)51(41)42)24-37(53)44-13-17-56-19-21-57-20-18-55-16-12-36(52)45-33-10-14-50(15-11-33)25-29-4-5-31-23-38(54)46-34(31)22-29/h4-9,22,33,35H,10-21,23-25H2,1-3H3,(H,44,53)(H,45,52)(H,46,54)/t35-/m0/s1. The van der Waals surface area contributed by atoms with Gasteiger partial charge in [0, 0.05) is 65.4 Å². The minimum Gasteiger partial charge on any atom is -0.379 e. The van der Waals surface area contributed by atoms with Gasteiger partial charge in [-0.25, -0.2) is 0 Å². The first kappa shape index (κ1) is 41.6. The Balaban J connectivity index is 0.740. The lowest BCUT2D eigenvalue weighted by Gasteiger charge is -2.32. The highest BCUT2D eigenvalue weighted by Gasteiger charge is 2.32. The van der Waals surface area contributed by atoms with Crippen molar-refractivity contribution in [3.63, 3.8) is 0 Å². The maximum Gasteiger partial charge on any atom is 0.228 e. The lowest BCUT2D eigenvalue weighted by Crippen LogP contribution is -2.44. The molecule has 308 valence electrons. The zero-order chi connectivity index (χ0) is 40.6. The molecule has 58 heavy (non-hydrogen) atoms. The number of piperidine rings is 1. The summed E-state index contributed by atoms with van der Waals surface area (Å²) < 4.78 is 18.9. The van der Waals surface area contributed by atoms with Crippen molar-refractivity contribution in [1.29, 1.82) is 0 Å². The van der Waals surface area contributed by atoms with E-state index in [9.17, 15) is 14.4 Å². The molecule has 0 spiro atoms. The number of likely N-dealkylation sites (tertiary alicyclic amines) is 1. The summed E-state index contributed by atoms with van der Waals surface area (Å²) in [6.07, 6.45) is 2.67. The summed E-state index contributed by atoms with van der Waals surface area (Å²) >= 11 is 7.89. The van der Waals surface area contributed by atoms with E-state index in [1.54, 1.807) is 11.3 Å². The van der Waals surface area contributed by atoms with Crippen molar-refractivity contribution in [3.8, 4) is 5.00 Å². The number of aryl methyl sites for hydroxylation is 2. The van der Waals surface area contributed by atoms with Crippen LogP contribution in [0.2, 0.25) is 5.02 Å². The van der Waals surface area contributed by atoms with E-state index in [4.69, 9.17) is 30.8 Å². The minimum absolute atomic E-state index is 0.000696. The van der Waals surface area contributed by atoms with Crippen molar-refractivity contribution in [3.05, 3.63) is 91.8 Å². The number of aliphatic imine (C=N–C) groups is 1. The Labute approximate surface area is 347 Å². The van der Waals surface area contributed by atoms with Crippen LogP contribution in [0.5, 0.6) is 0 Å². The van der Waals surface area contributed by atoms with Gasteiger partial charge in [0.1, 0.15) is 16.9 Å². The van der Waals surface area contributed by atoms with Crippen LogP contribution in [0.25, 0.3) is 5.00 Å². The lowest BCUT2D eigenvalue weighted by molar-refractivity contribution is -0.123. The second kappa shape index (κ2) is 19.5. The van der Waals surface area contributed by atoms with Crippen LogP contribution in [-0.4, -0.2) is 108 Å². The molecule has 0 aliphatic carbocycles. The number of halogens is 1. The summed E-state index contributed by atoms with van der Waals surface area (Å²) in [5.74, 6) is 1.26. The highest BCUT2D eigenvalue weighted by Crippen LogP contribution is 2.39. The van der Waals surface area contributed by atoms with Gasteiger partial charge in [0.2, 0.25) is 17.7 Å². The van der Waals surface area contributed by atoms with E-state index in [2.05, 4.69) is 57.0 Å². The topological polar surface area (TPSA) is 161 Å². The van der Waals surface area contributed by atoms with Crippen molar-refractivity contribution in [1.82, 2.24) is 30.3 Å². The Bertz CT molecular complexity index is 2130. The fraction of sp³-hybridized carbons (Fsp3) is 0.476. The highest BCUT2D eigenvalue weighted by molar-refractivity contribution is 7.15. The van der Waals surface area contributed by atoms with Gasteiger partial charge < -0.3 is 30.2 Å². The number of hydrogen-bond donors (Lipinski definition) is 3. The summed E-state index contributed by atoms with van der Waals surface area (Å²) in [4.78, 5) is 46.0. The van der Waals surface area contributed by atoms with Crippen LogP contribution in [0, 0.1) is 20.8 Å². The third-order valence-corrected chi connectivity index (χ3v) is 12.1. The second-order valence-corrected chi connectivity index (χ2v) is 16.5. The summed E-state index contributed by atoms with van der Waals surface area (Å²) in [7, 11) is 0. The highest BCUT2D eigenvalue weighted by atomic mass is 35.5. The van der Waals surface area contributed by atoms with Gasteiger partial charge in [-0.2, -0.15) is 0 Å². The number of ether oxygens (including phenoxy) is 3. The van der Waals surface area contributed by atoms with E-state index in [1.165, 1.54) is 10.4 Å². The molecule has 0 unspecified atom stereocenters. The number of benzene rings is 2. The number of thiophene rings is 1. The molecular weight excluding hydrogens is 780 g/mol. The van der Waals surface area contributed by atoms with Gasteiger partial charge in [-0.1, -0.05) is 35.9 Å². The van der Waals surface area contributed by atoms with E-state index in [0.717, 1.165) is 77.0 Å². The van der Waals surface area contributed by atoms with Crippen LogP contribution in [-0.2, 0) is 41.6 Å². The molecule has 1 fully saturated rings. The maximum absolute atomic E-state index is 13.2. The Hall–Kier alpha value is -4.51. The van der Waals surface area contributed by atoms with E-state index in [-0.39, 0.29) is 30.2 Å². The molecule has 3 N–H and O–H groups in total. The maximum atomic E-state index is 13.2. The van der Waals surface area contributed by atoms with Gasteiger partial charge >= 0.3 is 0 Å². The molecule has 2 aromatic carbocycles. The molecule has 1 atom stereocenters. The molecule has 16 heteroatoms. The van der Waals surface area contributed by atoms with Gasteiger partial charge in [-0.05, 0) is 68.5 Å². The van der Waals surface area contributed by atoms with Crippen LogP contribution in [0.4, 0.5) is 5.69 Å². The number of carbonyl (C=O) groups is 3. The zero-order valence-electron chi connectivity index (χ0n) is 33.3. The average molecular weight is 831 g/mol. The van der Waals surface area contributed by atoms with Crippen molar-refractivity contribution in [2.45, 2.75) is 71.5 Å². The van der Waals surface area contributed by atoms with E-state index in [1.807, 2.05) is 41.8 Å². The molecule has 0 bridgehead atoms. The Morgan fingerprint density at radius 1 is 0.931 bits per heavy atom. The SMILES string of the molecule is Cc1sc2c(c1C)C(c1ccc(Cl)cc1)=N[C@@H](CC(=O)NCCOCCOCCOCCC(=O)NC1CCN(Cc3ccc4c(c3)NC(=O)C4)CC1)c1nnc(C)n1-2. The molecule has 4 aromatic rings. The molecule has 3 aliphatic rings. The van der Waals surface area contributed by atoms with Gasteiger partial charge in [-0.3, -0.25) is 28.8 Å². The molecule has 2 aromatic heterocycles. The first-order chi connectivity index (χ1) is 28.1. The number of amides is 3. The quantitative estimate of drug-likeness (QED) is 0.117. The molecule has 0 saturated carbocycles. The molecule has 3 aliphatic heterocycles. The first-order valence-electron chi connectivity index (χ1n) is 19.9. The molecule has 14 nitrogen and oxygen atoms in total. The smallest absolute Gasteiger partial charge is 0.228 e. The summed E-state index contributed by atoms with van der Waals surface area (Å²) in [5.41, 5.74) is 7.06. The van der Waals surface area contributed by atoms with Gasteiger partial charge in [0.05, 0.1) is 58.2 Å². The van der Waals surface area contributed by atoms with Crippen LogP contribution >= 0.6 is 22.9 Å². The van der Waals surface area contributed by atoms with Crippen LogP contribution < -0.4 is 16.0 Å². The van der Waals surface area contributed by atoms with Crippen LogP contribution in [0.15, 0.2) is 47.5 Å². The monoisotopic (exact) mass is 830 g/mol. The lowest BCUT2D eigenvalue weighted by atomic mass is 9.99. The Kier molecular flexibility index (Phi) is 14.0. The zero-order valence-corrected chi connectivity index (χ0v) is 34.8. The normalized spacial score (nSPS) is 16.6. The van der Waals surface area contributed by atoms with Crippen molar-refractivity contribution >= 4 is 52.1 Å². The summed E-state index contributed by atoms with van der Waals surface area (Å²) in [6.45, 7) is 11.3. The summed E-state index contributed by atoms with van der Waals surface area (Å²) in [6, 6.07) is 13.4. The van der Waals surface area contributed by atoms with Gasteiger partial charge in [0.15, 0.2) is 5.82 Å². The molecule has 0 radical (unpaired) electrons. The van der Waals surface area contributed by atoms with E-state index in [0.29, 0.717) is 69.9 Å². The third kappa shape index (κ3) is 10.4. The molecule has 3 amide bonds. The number of anilines is 1. The third-order valence-electron chi connectivity index (χ3n) is 10.7. The predicted octanol–water partition coefficient (Wildman–Crippen LogP) is 5.02. The van der Waals surface area contributed by atoms with Crippen molar-refractivity contribution in [2.75, 3.05) is 64.6 Å². The molecule has 1 saturated heterocycles. The molecular formula is C42H51ClN8O6S. The number of aromatic nitrogens is 3. The number of fused-ring (bicyclic) bond motifs is 4. The van der Waals surface area contributed by atoms with E-state index < -0.39 is 6.04 Å². The Morgan fingerprint density at radius 3 is 2.41 bits per heavy atom. The molecule has 5 heterocycles. The summed E-state index contributed by atoms with van der Waals surface area (Å²) in [5, 5.41) is 19.5. The Morgan fingerprint density at radius 2 is 1.66 bits per heavy atom. The number of nitrogens with one attached hydrogen (secondary N) is 3. The van der Waals surface area contributed by atoms with Gasteiger partial charge in [-0.15, -0.1) is 21.5 Å². The van der Waals surface area contributed by atoms with Gasteiger partial charge in [0.25, 0.3) is 0 Å².